The third-order valence-corrected chi connectivity index (χ3v) is 4.25. The molecule has 0 spiro atoms. The zero-order chi connectivity index (χ0) is 12.4. The molecule has 0 radical (unpaired) electrons. The van der Waals surface area contributed by atoms with E-state index in [9.17, 15) is 4.39 Å². The average Bonchev–Trinajstić information content (AvgIpc) is 2.71. The second-order valence-corrected chi connectivity index (χ2v) is 6.24. The van der Waals surface area contributed by atoms with Crippen LogP contribution < -0.4 is 11.3 Å². The van der Waals surface area contributed by atoms with Crippen molar-refractivity contribution in [2.45, 2.75) is 13.0 Å². The molecule has 0 saturated heterocycles. The zero-order valence-corrected chi connectivity index (χ0v) is 11.6. The summed E-state index contributed by atoms with van der Waals surface area (Å²) < 4.78 is 14.3. The van der Waals surface area contributed by atoms with Crippen LogP contribution in [-0.4, -0.2) is 0 Å². The van der Waals surface area contributed by atoms with Crippen molar-refractivity contribution in [3.63, 3.8) is 0 Å². The van der Waals surface area contributed by atoms with Gasteiger partial charge < -0.3 is 0 Å². The lowest BCUT2D eigenvalue weighted by Gasteiger charge is -2.15. The molecule has 3 N–H and O–H groups in total. The van der Waals surface area contributed by atoms with E-state index in [0.717, 1.165) is 14.2 Å². The Morgan fingerprint density at radius 2 is 2.12 bits per heavy atom. The predicted molar refractivity (Wildman–Crippen MR) is 72.3 cm³/mol. The predicted octanol–water partition coefficient (Wildman–Crippen LogP) is 3.51. The molecule has 90 valence electrons. The van der Waals surface area contributed by atoms with Gasteiger partial charge in [0.1, 0.15) is 5.82 Å². The molecular formula is C12H12BrFN2S. The molecule has 2 nitrogen and oxygen atoms in total. The fraction of sp³-hybridized carbons (Fsp3) is 0.167. The standard InChI is InChI=1S/C12H12BrFN2S/c1-7-6-8(2-3-9(7)14)12(16-15)10-4-5-11(13)17-10/h2-6,12,16H,15H2,1H3. The van der Waals surface area contributed by atoms with E-state index in [-0.39, 0.29) is 11.9 Å². The largest absolute Gasteiger partial charge is 0.271 e. The van der Waals surface area contributed by atoms with Crippen molar-refractivity contribution in [2.24, 2.45) is 5.84 Å². The average molecular weight is 315 g/mol. The highest BCUT2D eigenvalue weighted by Crippen LogP contribution is 2.31. The molecule has 0 amide bonds. The summed E-state index contributed by atoms with van der Waals surface area (Å²) in [5, 5.41) is 0. The monoisotopic (exact) mass is 314 g/mol. The Bertz CT molecular complexity index is 527. The Labute approximate surface area is 112 Å². The number of hydrogen-bond donors (Lipinski definition) is 2. The summed E-state index contributed by atoms with van der Waals surface area (Å²) >= 11 is 5.02. The molecular weight excluding hydrogens is 303 g/mol. The molecule has 1 aromatic heterocycles. The van der Waals surface area contributed by atoms with Crippen LogP contribution in [0.2, 0.25) is 0 Å². The summed E-state index contributed by atoms with van der Waals surface area (Å²) in [4.78, 5) is 1.09. The maximum absolute atomic E-state index is 13.2. The molecule has 1 unspecified atom stereocenters. The summed E-state index contributed by atoms with van der Waals surface area (Å²) in [5.41, 5.74) is 4.34. The van der Waals surface area contributed by atoms with Crippen molar-refractivity contribution in [2.75, 3.05) is 0 Å². The molecule has 1 heterocycles. The van der Waals surface area contributed by atoms with Crippen LogP contribution in [0.4, 0.5) is 4.39 Å². The maximum atomic E-state index is 13.2. The Morgan fingerprint density at radius 1 is 1.35 bits per heavy atom. The first-order valence-electron chi connectivity index (χ1n) is 5.09. The van der Waals surface area contributed by atoms with E-state index < -0.39 is 0 Å². The molecule has 17 heavy (non-hydrogen) atoms. The first kappa shape index (κ1) is 12.7. The number of nitrogens with two attached hydrogens (primary N) is 1. The minimum absolute atomic E-state index is 0.106. The van der Waals surface area contributed by atoms with E-state index in [4.69, 9.17) is 5.84 Å². The fourth-order valence-corrected chi connectivity index (χ4v) is 3.19. The van der Waals surface area contributed by atoms with Gasteiger partial charge in [-0.25, -0.2) is 9.82 Å². The SMILES string of the molecule is Cc1cc(C(NN)c2ccc(Br)s2)ccc1F. The molecule has 1 aromatic carbocycles. The van der Waals surface area contributed by atoms with Crippen molar-refractivity contribution >= 4 is 27.3 Å². The molecule has 2 rings (SSSR count). The van der Waals surface area contributed by atoms with Crippen LogP contribution in [0.1, 0.15) is 22.0 Å². The number of thiophene rings is 1. The van der Waals surface area contributed by atoms with Gasteiger partial charge >= 0.3 is 0 Å². The van der Waals surface area contributed by atoms with Gasteiger partial charge in [-0.15, -0.1) is 11.3 Å². The third-order valence-electron chi connectivity index (χ3n) is 2.56. The van der Waals surface area contributed by atoms with E-state index in [1.54, 1.807) is 24.3 Å². The summed E-state index contributed by atoms with van der Waals surface area (Å²) in [6.07, 6.45) is 0. The summed E-state index contributed by atoms with van der Waals surface area (Å²) in [6, 6.07) is 8.90. The first-order chi connectivity index (χ1) is 8.11. The minimum Gasteiger partial charge on any atom is -0.271 e. The molecule has 0 fully saturated rings. The lowest BCUT2D eigenvalue weighted by molar-refractivity contribution is 0.610. The molecule has 0 saturated carbocycles. The Hall–Kier alpha value is -0.750. The Morgan fingerprint density at radius 3 is 2.65 bits per heavy atom. The summed E-state index contributed by atoms with van der Waals surface area (Å²) in [7, 11) is 0. The van der Waals surface area contributed by atoms with Crippen LogP contribution in [0, 0.1) is 12.7 Å². The van der Waals surface area contributed by atoms with Crippen LogP contribution in [0.25, 0.3) is 0 Å². The molecule has 2 aromatic rings. The molecule has 5 heteroatoms. The highest BCUT2D eigenvalue weighted by molar-refractivity contribution is 9.11. The Balaban J connectivity index is 2.38. The smallest absolute Gasteiger partial charge is 0.126 e. The highest BCUT2D eigenvalue weighted by atomic mass is 79.9. The van der Waals surface area contributed by atoms with Gasteiger partial charge in [0, 0.05) is 4.88 Å². The molecule has 0 bridgehead atoms. The van der Waals surface area contributed by atoms with E-state index in [1.165, 1.54) is 6.07 Å². The van der Waals surface area contributed by atoms with Crippen molar-refractivity contribution in [1.29, 1.82) is 0 Å². The second-order valence-electron chi connectivity index (χ2n) is 3.75. The van der Waals surface area contributed by atoms with Gasteiger partial charge in [-0.2, -0.15) is 0 Å². The van der Waals surface area contributed by atoms with Crippen molar-refractivity contribution in [3.05, 3.63) is 55.9 Å². The number of aryl methyl sites for hydroxylation is 1. The van der Waals surface area contributed by atoms with E-state index in [2.05, 4.69) is 21.4 Å². The van der Waals surface area contributed by atoms with Gasteiger partial charge in [-0.1, -0.05) is 12.1 Å². The topological polar surface area (TPSA) is 38.0 Å². The van der Waals surface area contributed by atoms with Crippen LogP contribution in [-0.2, 0) is 0 Å². The number of benzene rings is 1. The lowest BCUT2D eigenvalue weighted by Crippen LogP contribution is -2.28. The van der Waals surface area contributed by atoms with Gasteiger partial charge in [0.25, 0.3) is 0 Å². The van der Waals surface area contributed by atoms with Crippen LogP contribution in [0.15, 0.2) is 34.1 Å². The van der Waals surface area contributed by atoms with Crippen molar-refractivity contribution in [1.82, 2.24) is 5.43 Å². The van der Waals surface area contributed by atoms with Gasteiger partial charge in [0.2, 0.25) is 0 Å². The summed E-state index contributed by atoms with van der Waals surface area (Å²) in [6.45, 7) is 1.75. The number of nitrogens with one attached hydrogen (secondary N) is 1. The third kappa shape index (κ3) is 2.74. The lowest BCUT2D eigenvalue weighted by atomic mass is 10.0. The van der Waals surface area contributed by atoms with Crippen LogP contribution in [0.3, 0.4) is 0 Å². The fourth-order valence-electron chi connectivity index (χ4n) is 1.67. The second kappa shape index (κ2) is 5.27. The molecule has 0 aliphatic heterocycles. The highest BCUT2D eigenvalue weighted by Gasteiger charge is 2.15. The minimum atomic E-state index is -0.197. The van der Waals surface area contributed by atoms with E-state index in [0.29, 0.717) is 5.56 Å². The maximum Gasteiger partial charge on any atom is 0.126 e. The number of rotatable bonds is 3. The van der Waals surface area contributed by atoms with Crippen molar-refractivity contribution < 1.29 is 4.39 Å². The molecule has 0 aliphatic rings. The number of halogens is 2. The number of hydrazine groups is 1. The van der Waals surface area contributed by atoms with Gasteiger partial charge in [-0.3, -0.25) is 5.84 Å². The summed E-state index contributed by atoms with van der Waals surface area (Å²) in [5.74, 6) is 5.38. The molecule has 1 atom stereocenters. The van der Waals surface area contributed by atoms with Crippen LogP contribution >= 0.6 is 27.3 Å². The van der Waals surface area contributed by atoms with E-state index >= 15 is 0 Å². The molecule has 0 aliphatic carbocycles. The van der Waals surface area contributed by atoms with Gasteiger partial charge in [0.05, 0.1) is 9.83 Å². The van der Waals surface area contributed by atoms with E-state index in [1.807, 2.05) is 18.2 Å². The number of hydrogen-bond acceptors (Lipinski definition) is 3. The Kier molecular flexibility index (Phi) is 3.93. The van der Waals surface area contributed by atoms with Crippen molar-refractivity contribution in [3.8, 4) is 0 Å². The normalized spacial score (nSPS) is 12.7. The van der Waals surface area contributed by atoms with Crippen LogP contribution in [0.5, 0.6) is 0 Å². The van der Waals surface area contributed by atoms with Gasteiger partial charge in [-0.05, 0) is 52.2 Å². The quantitative estimate of drug-likeness (QED) is 0.672. The van der Waals surface area contributed by atoms with Gasteiger partial charge in [0.15, 0.2) is 0 Å². The first-order valence-corrected chi connectivity index (χ1v) is 6.70. The zero-order valence-electron chi connectivity index (χ0n) is 9.21.